The van der Waals surface area contributed by atoms with Crippen molar-refractivity contribution in [3.63, 3.8) is 0 Å². The molecule has 4 aromatic rings. The van der Waals surface area contributed by atoms with Gasteiger partial charge in [-0.1, -0.05) is 35.3 Å². The first kappa shape index (κ1) is 32.6. The number of aromatic amines is 1. The van der Waals surface area contributed by atoms with Crippen LogP contribution in [0, 0.1) is 0 Å². The van der Waals surface area contributed by atoms with E-state index in [9.17, 15) is 22.8 Å². The minimum atomic E-state index is -3.21. The van der Waals surface area contributed by atoms with Gasteiger partial charge in [0.25, 0.3) is 0 Å². The van der Waals surface area contributed by atoms with Crippen LogP contribution in [0.15, 0.2) is 54.9 Å². The zero-order valence-electron chi connectivity index (χ0n) is 24.2. The first-order chi connectivity index (χ1) is 22.0. The highest BCUT2D eigenvalue weighted by atomic mass is 35.5. The third-order valence-electron chi connectivity index (χ3n) is 6.99. The number of rotatable bonds is 9. The Morgan fingerprint density at radius 2 is 1.85 bits per heavy atom. The largest absolute Gasteiger partial charge is 0.453 e. The average Bonchev–Trinajstić information content (AvgIpc) is 3.70. The lowest BCUT2D eigenvalue weighted by Gasteiger charge is -2.28. The molecule has 0 radical (unpaired) electrons. The molecule has 0 unspecified atom stereocenters. The number of benzene rings is 2. The zero-order valence-corrected chi connectivity index (χ0v) is 26.5. The molecular formula is C28H27Cl2N9O6S. The molecule has 3 amide bonds. The number of carbonyl (C=O) groups is 3. The third kappa shape index (κ3) is 8.07. The van der Waals surface area contributed by atoms with Gasteiger partial charge in [-0.2, -0.15) is 4.68 Å². The molecule has 1 fully saturated rings. The number of carbonyl (C=O) groups excluding carboxylic acids is 3. The van der Waals surface area contributed by atoms with Crippen LogP contribution in [0.3, 0.4) is 0 Å². The number of nitrogens with one attached hydrogen (secondary N) is 3. The number of hydrogen-bond acceptors (Lipinski definition) is 10. The summed E-state index contributed by atoms with van der Waals surface area (Å²) in [7, 11) is -1.96. The number of ether oxygens (including phenoxy) is 1. The van der Waals surface area contributed by atoms with Crippen LogP contribution < -0.4 is 10.6 Å². The average molecular weight is 689 g/mol. The lowest BCUT2D eigenvalue weighted by atomic mass is 10.1. The summed E-state index contributed by atoms with van der Waals surface area (Å²) in [5.41, 5.74) is 2.54. The number of anilines is 1. The number of amides is 3. The number of aromatic nitrogens is 6. The second-order valence-electron chi connectivity index (χ2n) is 10.1. The molecule has 18 heteroatoms. The summed E-state index contributed by atoms with van der Waals surface area (Å²) in [5, 5.41) is 17.1. The highest BCUT2D eigenvalue weighted by Gasteiger charge is 2.29. The molecule has 0 spiro atoms. The first-order valence-corrected chi connectivity index (χ1v) is 16.3. The van der Waals surface area contributed by atoms with E-state index < -0.39 is 27.9 Å². The normalized spacial score (nSPS) is 15.0. The van der Waals surface area contributed by atoms with E-state index in [-0.39, 0.29) is 47.9 Å². The van der Waals surface area contributed by atoms with Gasteiger partial charge in [0, 0.05) is 41.0 Å². The monoisotopic (exact) mass is 687 g/mol. The van der Waals surface area contributed by atoms with E-state index in [1.165, 1.54) is 35.2 Å². The van der Waals surface area contributed by atoms with E-state index in [1.54, 1.807) is 42.5 Å². The maximum atomic E-state index is 13.3. The summed E-state index contributed by atoms with van der Waals surface area (Å²) in [4.78, 5) is 47.0. The minimum Gasteiger partial charge on any atom is -0.453 e. The maximum Gasteiger partial charge on any atom is 0.411 e. The Balaban J connectivity index is 1.39. The predicted molar refractivity (Wildman–Crippen MR) is 169 cm³/mol. The zero-order chi connectivity index (χ0) is 32.8. The third-order valence-corrected chi connectivity index (χ3v) is 9.11. The molecule has 1 aliphatic rings. The summed E-state index contributed by atoms with van der Waals surface area (Å²) in [6.07, 6.45) is 3.34. The number of sulfone groups is 1. The van der Waals surface area contributed by atoms with Crippen molar-refractivity contribution < 1.29 is 27.5 Å². The molecule has 2 aromatic heterocycles. The van der Waals surface area contributed by atoms with Crippen LogP contribution in [-0.4, -0.2) is 93.1 Å². The van der Waals surface area contributed by atoms with Crippen LogP contribution in [0.25, 0.3) is 23.0 Å². The maximum absolute atomic E-state index is 13.3. The molecule has 240 valence electrons. The Bertz CT molecular complexity index is 1870. The van der Waals surface area contributed by atoms with Gasteiger partial charge in [-0.15, -0.1) is 5.10 Å². The van der Waals surface area contributed by atoms with E-state index in [4.69, 9.17) is 23.2 Å². The molecule has 3 heterocycles. The molecule has 46 heavy (non-hydrogen) atoms. The van der Waals surface area contributed by atoms with Crippen LogP contribution in [-0.2, 0) is 24.2 Å². The van der Waals surface area contributed by atoms with Gasteiger partial charge in [0.1, 0.15) is 23.0 Å². The standard InChI is InChI=1S/C28H27Cl2N9O6S/c1-45-28(42)32-20-6-2-17(3-7-20)25-26(30)35-27(34-25)21(15-24(41)38-10-12-46(43,44)13-11-38)33-23(40)9-4-18-14-19(29)5-8-22(18)39-16-31-36-37-39/h2-9,14,16,21H,10-13,15H2,1H3,(H,32,42)(H,33,40)(H,34,35)/t21-/m0/s1. The molecule has 1 aliphatic heterocycles. The molecule has 1 atom stereocenters. The Hall–Kier alpha value is -4.80. The van der Waals surface area contributed by atoms with Crippen molar-refractivity contribution in [3.8, 4) is 16.9 Å². The van der Waals surface area contributed by atoms with Gasteiger partial charge >= 0.3 is 6.09 Å². The Morgan fingerprint density at radius 1 is 1.11 bits per heavy atom. The Kier molecular flexibility index (Phi) is 9.99. The fraction of sp³-hybridized carbons (Fsp3) is 0.250. The Labute approximate surface area is 272 Å². The molecule has 0 bridgehead atoms. The number of H-pyrrole nitrogens is 1. The topological polar surface area (TPSA) is 194 Å². The second-order valence-corrected chi connectivity index (χ2v) is 13.2. The number of imidazole rings is 1. The van der Waals surface area contributed by atoms with Crippen molar-refractivity contribution in [3.05, 3.63) is 76.4 Å². The van der Waals surface area contributed by atoms with Crippen LogP contribution in [0.5, 0.6) is 0 Å². The summed E-state index contributed by atoms with van der Waals surface area (Å²) in [6.45, 7) is 0.0963. The highest BCUT2D eigenvalue weighted by molar-refractivity contribution is 7.91. The molecule has 1 saturated heterocycles. The molecule has 15 nitrogen and oxygen atoms in total. The van der Waals surface area contributed by atoms with E-state index in [1.807, 2.05) is 0 Å². The van der Waals surface area contributed by atoms with Crippen molar-refractivity contribution in [1.29, 1.82) is 0 Å². The SMILES string of the molecule is COC(=O)Nc1ccc(-c2nc([C@H](CC(=O)N3CCS(=O)(=O)CC3)NC(=O)C=Cc3cc(Cl)ccc3-n3cnnn3)[nH]c2Cl)cc1. The van der Waals surface area contributed by atoms with Crippen molar-refractivity contribution in [2.24, 2.45) is 0 Å². The highest BCUT2D eigenvalue weighted by Crippen LogP contribution is 2.30. The van der Waals surface area contributed by atoms with Crippen molar-refractivity contribution in [1.82, 2.24) is 40.4 Å². The summed E-state index contributed by atoms with van der Waals surface area (Å²) in [6, 6.07) is 10.7. The molecule has 0 aliphatic carbocycles. The molecule has 5 rings (SSSR count). The van der Waals surface area contributed by atoms with Gasteiger partial charge in [-0.25, -0.2) is 18.2 Å². The van der Waals surface area contributed by atoms with Gasteiger partial charge < -0.3 is 19.9 Å². The lowest BCUT2D eigenvalue weighted by molar-refractivity contribution is -0.131. The summed E-state index contributed by atoms with van der Waals surface area (Å²) < 4.78 is 29.8. The van der Waals surface area contributed by atoms with Gasteiger partial charge in [0.2, 0.25) is 11.8 Å². The smallest absolute Gasteiger partial charge is 0.411 e. The lowest BCUT2D eigenvalue weighted by Crippen LogP contribution is -2.45. The van der Waals surface area contributed by atoms with Crippen LogP contribution >= 0.6 is 23.2 Å². The fourth-order valence-electron chi connectivity index (χ4n) is 4.61. The van der Waals surface area contributed by atoms with Gasteiger partial charge in [0.15, 0.2) is 9.84 Å². The predicted octanol–water partition coefficient (Wildman–Crippen LogP) is 3.06. The van der Waals surface area contributed by atoms with E-state index in [2.05, 4.69) is 40.9 Å². The van der Waals surface area contributed by atoms with Crippen molar-refractivity contribution in [2.45, 2.75) is 12.5 Å². The summed E-state index contributed by atoms with van der Waals surface area (Å²) >= 11 is 12.7. The second kappa shape index (κ2) is 14.1. The van der Waals surface area contributed by atoms with E-state index >= 15 is 0 Å². The Morgan fingerprint density at radius 3 is 2.52 bits per heavy atom. The van der Waals surface area contributed by atoms with Gasteiger partial charge in [-0.05, 0) is 46.8 Å². The number of nitrogens with zero attached hydrogens (tertiary/aromatic N) is 6. The molecule has 0 saturated carbocycles. The minimum absolute atomic E-state index is 0.0482. The number of halogens is 2. The fourth-order valence-corrected chi connectivity index (χ4v) is 6.24. The van der Waals surface area contributed by atoms with Crippen LogP contribution in [0.4, 0.5) is 10.5 Å². The van der Waals surface area contributed by atoms with E-state index in [0.717, 1.165) is 0 Å². The quantitative estimate of drug-likeness (QED) is 0.220. The van der Waals surface area contributed by atoms with Crippen molar-refractivity contribution >= 4 is 62.7 Å². The molecule has 3 N–H and O–H groups in total. The molecule has 2 aromatic carbocycles. The summed E-state index contributed by atoms with van der Waals surface area (Å²) in [5.74, 6) is -1.01. The van der Waals surface area contributed by atoms with Gasteiger partial charge in [0.05, 0.1) is 36.8 Å². The first-order valence-electron chi connectivity index (χ1n) is 13.7. The van der Waals surface area contributed by atoms with Crippen LogP contribution in [0.1, 0.15) is 23.9 Å². The van der Waals surface area contributed by atoms with Gasteiger partial charge in [-0.3, -0.25) is 14.9 Å². The van der Waals surface area contributed by atoms with Crippen molar-refractivity contribution in [2.75, 3.05) is 37.0 Å². The molecular weight excluding hydrogens is 661 g/mol. The number of hydrogen-bond donors (Lipinski definition) is 3. The van der Waals surface area contributed by atoms with Crippen LogP contribution in [0.2, 0.25) is 10.2 Å². The number of methoxy groups -OCH3 is 1. The van der Waals surface area contributed by atoms with E-state index in [0.29, 0.717) is 33.2 Å². The number of tetrazole rings is 1.